The van der Waals surface area contributed by atoms with Crippen LogP contribution in [-0.2, 0) is 19.9 Å². The topological polar surface area (TPSA) is 33.3 Å². The number of likely N-dealkylation sites (N-methyl/N-ethyl adjacent to an activating group) is 2. The van der Waals surface area contributed by atoms with Gasteiger partial charge < -0.3 is 14.2 Å². The highest BCUT2D eigenvalue weighted by atomic mass is 16.5. The van der Waals surface area contributed by atoms with Crippen LogP contribution in [0.25, 0.3) is 5.57 Å². The molecule has 0 radical (unpaired) electrons. The number of ether oxygens (including phenoxy) is 1. The lowest BCUT2D eigenvalue weighted by Crippen LogP contribution is -2.29. The highest BCUT2D eigenvalue weighted by Crippen LogP contribution is 2.41. The number of fused-ring (bicyclic) bond motifs is 4. The van der Waals surface area contributed by atoms with E-state index in [0.29, 0.717) is 0 Å². The van der Waals surface area contributed by atoms with Crippen molar-refractivity contribution in [3.05, 3.63) is 69.7 Å². The largest absolute Gasteiger partial charge is 0.456 e. The Bertz CT molecular complexity index is 1320. The van der Waals surface area contributed by atoms with Gasteiger partial charge in [-0.1, -0.05) is 0 Å². The van der Waals surface area contributed by atoms with Crippen LogP contribution in [0, 0.1) is 0 Å². The van der Waals surface area contributed by atoms with Crippen molar-refractivity contribution in [3.63, 3.8) is 0 Å². The summed E-state index contributed by atoms with van der Waals surface area (Å²) >= 11 is 0. The van der Waals surface area contributed by atoms with E-state index in [-0.39, 0.29) is 0 Å². The average Bonchev–Trinajstić information content (AvgIpc) is 3.46. The van der Waals surface area contributed by atoms with E-state index in [0.717, 1.165) is 56.3 Å². The van der Waals surface area contributed by atoms with Crippen LogP contribution in [0.2, 0.25) is 0 Å². The van der Waals surface area contributed by atoms with E-state index in [1.807, 2.05) is 12.4 Å². The van der Waals surface area contributed by atoms with Crippen LogP contribution in [0.3, 0.4) is 0 Å². The summed E-state index contributed by atoms with van der Waals surface area (Å²) in [4.78, 5) is 7.18. The van der Waals surface area contributed by atoms with Gasteiger partial charge in [-0.05, 0) is 38.0 Å². The molecule has 3 aliphatic heterocycles. The molecule has 2 aromatic carbocycles. The lowest BCUT2D eigenvalue weighted by molar-refractivity contribution is 0.470. The highest BCUT2D eigenvalue weighted by Gasteiger charge is 2.29. The summed E-state index contributed by atoms with van der Waals surface area (Å²) in [6, 6.07) is 9.19. The summed E-state index contributed by atoms with van der Waals surface area (Å²) < 4.78 is 11.1. The summed E-state index contributed by atoms with van der Waals surface area (Å²) in [6.07, 6.45) is 6.09. The number of nitrogens with zero attached hydrogens (tertiary/aromatic N) is 4. The van der Waals surface area contributed by atoms with Gasteiger partial charge in [-0.2, -0.15) is 0 Å². The van der Waals surface area contributed by atoms with Crippen LogP contribution >= 0.6 is 0 Å². The number of anilines is 1. The van der Waals surface area contributed by atoms with Crippen LogP contribution in [0.15, 0.2) is 36.7 Å². The lowest BCUT2D eigenvalue weighted by atomic mass is 9.94. The fourth-order valence-electron chi connectivity index (χ4n) is 5.30. The van der Waals surface area contributed by atoms with Crippen LogP contribution in [0.1, 0.15) is 36.4 Å². The molecule has 1 aromatic heterocycles. The fourth-order valence-corrected chi connectivity index (χ4v) is 5.30. The van der Waals surface area contributed by atoms with Crippen LogP contribution in [-0.4, -0.2) is 35.7 Å². The smallest absolute Gasteiger partial charge is 0.207 e. The van der Waals surface area contributed by atoms with Crippen molar-refractivity contribution in [2.24, 2.45) is 7.05 Å². The number of aromatic nitrogens is 2. The summed E-state index contributed by atoms with van der Waals surface area (Å²) in [6.45, 7) is 8.66. The minimum absolute atomic E-state index is 0.945. The minimum atomic E-state index is 0.945. The van der Waals surface area contributed by atoms with Gasteiger partial charge in [0.2, 0.25) is 5.36 Å². The molecule has 6 rings (SSSR count). The Morgan fingerprint density at radius 1 is 1.07 bits per heavy atom. The summed E-state index contributed by atoms with van der Waals surface area (Å²) in [5, 5.41) is 2.48. The predicted molar refractivity (Wildman–Crippen MR) is 119 cm³/mol. The average molecular weight is 400 g/mol. The van der Waals surface area contributed by atoms with Crippen molar-refractivity contribution >= 4 is 11.3 Å². The van der Waals surface area contributed by atoms with Gasteiger partial charge in [-0.25, -0.2) is 9.56 Å². The molecule has 0 spiro atoms. The van der Waals surface area contributed by atoms with Crippen LogP contribution < -0.4 is 24.8 Å². The summed E-state index contributed by atoms with van der Waals surface area (Å²) in [5.41, 5.74) is 6.49. The maximum absolute atomic E-state index is 6.57. The van der Waals surface area contributed by atoms with Gasteiger partial charge in [-0.15, -0.1) is 0 Å². The Hall–Kier alpha value is -3.08. The highest BCUT2D eigenvalue weighted by molar-refractivity contribution is 5.85. The number of hydrogen-bond acceptors (Lipinski definition) is 3. The van der Waals surface area contributed by atoms with Crippen LogP contribution in [0.4, 0.5) is 5.69 Å². The van der Waals surface area contributed by atoms with Gasteiger partial charge in [0.1, 0.15) is 30.4 Å². The third-order valence-corrected chi connectivity index (χ3v) is 6.91. The molecule has 4 heterocycles. The molecule has 0 unspecified atom stereocenters. The molecule has 0 saturated carbocycles. The molecule has 0 saturated heterocycles. The predicted octanol–water partition coefficient (Wildman–Crippen LogP) is 2.22. The summed E-state index contributed by atoms with van der Waals surface area (Å²) in [5.74, 6) is 2.89. The monoisotopic (exact) mass is 399 g/mol. The van der Waals surface area contributed by atoms with Gasteiger partial charge in [0, 0.05) is 72.6 Å². The zero-order valence-corrected chi connectivity index (χ0v) is 17.9. The molecule has 0 bridgehead atoms. The maximum atomic E-state index is 6.57. The van der Waals surface area contributed by atoms with E-state index in [1.165, 1.54) is 38.5 Å². The van der Waals surface area contributed by atoms with Crippen molar-refractivity contribution in [1.29, 1.82) is 0 Å². The van der Waals surface area contributed by atoms with Crippen molar-refractivity contribution in [2.75, 3.05) is 31.1 Å². The third kappa shape index (κ3) is 2.41. The van der Waals surface area contributed by atoms with Gasteiger partial charge >= 0.3 is 0 Å². The first kappa shape index (κ1) is 17.8. The van der Waals surface area contributed by atoms with E-state index in [2.05, 4.69) is 59.2 Å². The molecule has 5 heteroatoms. The van der Waals surface area contributed by atoms with Crippen molar-refractivity contribution < 1.29 is 4.74 Å². The Balaban J connectivity index is 1.69. The number of rotatable bonds is 3. The molecule has 30 heavy (non-hydrogen) atoms. The van der Waals surface area contributed by atoms with Crippen molar-refractivity contribution in [2.45, 2.75) is 26.7 Å². The van der Waals surface area contributed by atoms with E-state index < -0.39 is 0 Å². The van der Waals surface area contributed by atoms with E-state index in [4.69, 9.17) is 9.72 Å². The number of imidazole rings is 1. The zero-order valence-electron chi connectivity index (χ0n) is 17.9. The second kappa shape index (κ2) is 6.46. The van der Waals surface area contributed by atoms with Gasteiger partial charge in [-0.3, -0.25) is 0 Å². The fraction of sp³-hybridized carbons (Fsp3) is 0.360. The summed E-state index contributed by atoms with van der Waals surface area (Å²) in [7, 11) is 2.07. The molecule has 0 aliphatic carbocycles. The minimum Gasteiger partial charge on any atom is -0.456 e. The lowest BCUT2D eigenvalue weighted by Gasteiger charge is -2.23. The number of hydrogen-bond donors (Lipinski definition) is 0. The molecule has 152 valence electrons. The second-order valence-corrected chi connectivity index (χ2v) is 8.45. The molecule has 3 aromatic rings. The number of aryl methyl sites for hydroxylation is 1. The van der Waals surface area contributed by atoms with Crippen molar-refractivity contribution in [3.8, 4) is 11.5 Å². The molecule has 0 amide bonds. The Morgan fingerprint density at radius 3 is 2.73 bits per heavy atom. The Morgan fingerprint density at radius 2 is 1.97 bits per heavy atom. The SMILES string of the molecule is CCN1CCc2cc3c(cc21)Oc1cc2c(cc1=C3c1nccn1C)CC[N+]=2CC. The van der Waals surface area contributed by atoms with E-state index >= 15 is 0 Å². The molecule has 5 nitrogen and oxygen atoms in total. The van der Waals surface area contributed by atoms with E-state index in [1.54, 1.807) is 0 Å². The van der Waals surface area contributed by atoms with Gasteiger partial charge in [0.15, 0.2) is 0 Å². The first-order chi connectivity index (χ1) is 14.7. The number of benzene rings is 2. The molecule has 0 N–H and O–H groups in total. The molecule has 3 aliphatic rings. The van der Waals surface area contributed by atoms with Crippen molar-refractivity contribution in [1.82, 2.24) is 14.1 Å². The molecular weight excluding hydrogens is 372 g/mol. The standard InChI is InChI=1S/C25H27N4O/c1-4-28-9-6-16-12-18-22(14-20(16)28)30-23-15-21-17(7-10-29(21)5-2)13-19(23)24(18)25-26-8-11-27(25)3/h8,11-15H,4-7,9-10H2,1-3H3/q+1. The normalized spacial score (nSPS) is 16.3. The van der Waals surface area contributed by atoms with Gasteiger partial charge in [0.05, 0.1) is 6.07 Å². The third-order valence-electron chi connectivity index (χ3n) is 6.91. The van der Waals surface area contributed by atoms with Crippen LogP contribution in [0.5, 0.6) is 11.5 Å². The second-order valence-electron chi connectivity index (χ2n) is 8.45. The molecule has 0 atom stereocenters. The first-order valence-electron chi connectivity index (χ1n) is 11.0. The van der Waals surface area contributed by atoms with E-state index in [9.17, 15) is 0 Å². The Labute approximate surface area is 176 Å². The maximum Gasteiger partial charge on any atom is 0.207 e. The zero-order chi connectivity index (χ0) is 20.4. The quantitative estimate of drug-likeness (QED) is 0.496. The van der Waals surface area contributed by atoms with Gasteiger partial charge in [0.25, 0.3) is 0 Å². The molecular formula is C25H27N4O+. The Kier molecular flexibility index (Phi) is 3.82. The first-order valence-corrected chi connectivity index (χ1v) is 11.0. The molecule has 0 fully saturated rings.